The molecule has 7 heteroatoms. The van der Waals surface area contributed by atoms with Crippen LogP contribution in [0.15, 0.2) is 30.6 Å². The lowest BCUT2D eigenvalue weighted by Crippen LogP contribution is -2.25. The molecular formula is C20H19ClF3N3. The normalized spacial score (nSPS) is 17.5. The van der Waals surface area contributed by atoms with Gasteiger partial charge in [0.25, 0.3) is 0 Å². The van der Waals surface area contributed by atoms with E-state index >= 15 is 0 Å². The van der Waals surface area contributed by atoms with Crippen molar-refractivity contribution in [2.24, 2.45) is 5.92 Å². The van der Waals surface area contributed by atoms with Gasteiger partial charge in [0, 0.05) is 48.3 Å². The van der Waals surface area contributed by atoms with Crippen LogP contribution in [0.4, 0.5) is 13.2 Å². The third-order valence-electron chi connectivity index (χ3n) is 5.28. The van der Waals surface area contributed by atoms with E-state index < -0.39 is 11.9 Å². The summed E-state index contributed by atoms with van der Waals surface area (Å²) in [6.07, 6.45) is 5.01. The third kappa shape index (κ3) is 4.10. The van der Waals surface area contributed by atoms with Crippen LogP contribution in [0.1, 0.15) is 42.5 Å². The Morgan fingerprint density at radius 3 is 2.70 bits per heavy atom. The molecule has 1 saturated carbocycles. The average Bonchev–Trinajstić information content (AvgIpc) is 3.01. The van der Waals surface area contributed by atoms with Gasteiger partial charge in [-0.15, -0.1) is 0 Å². The van der Waals surface area contributed by atoms with Gasteiger partial charge in [0.2, 0.25) is 11.9 Å². The number of aromatic nitrogens is 3. The molecule has 0 aliphatic heterocycles. The molecule has 1 aliphatic rings. The Morgan fingerprint density at radius 1 is 1.19 bits per heavy atom. The number of rotatable bonds is 4. The minimum absolute atomic E-state index is 0.0879. The van der Waals surface area contributed by atoms with Crippen LogP contribution in [0.25, 0.3) is 11.0 Å². The summed E-state index contributed by atoms with van der Waals surface area (Å²) in [6.45, 7) is 0. The van der Waals surface area contributed by atoms with Crippen molar-refractivity contribution in [3.05, 3.63) is 58.4 Å². The lowest BCUT2D eigenvalue weighted by atomic mass is 9.84. The fourth-order valence-corrected chi connectivity index (χ4v) is 3.89. The number of halogens is 4. The lowest BCUT2D eigenvalue weighted by Gasteiger charge is -2.28. The molecule has 0 unspecified atom stereocenters. The average molecular weight is 394 g/mol. The van der Waals surface area contributed by atoms with Gasteiger partial charge in [-0.25, -0.2) is 18.7 Å². The Bertz CT molecular complexity index is 960. The first-order chi connectivity index (χ1) is 12.9. The Balaban J connectivity index is 1.48. The van der Waals surface area contributed by atoms with Crippen molar-refractivity contribution < 1.29 is 13.2 Å². The Morgan fingerprint density at radius 2 is 1.96 bits per heavy atom. The van der Waals surface area contributed by atoms with Crippen LogP contribution in [0, 0.1) is 11.9 Å². The summed E-state index contributed by atoms with van der Waals surface area (Å²) in [5.74, 6) is -2.92. The summed E-state index contributed by atoms with van der Waals surface area (Å²) in [4.78, 5) is 11.3. The summed E-state index contributed by atoms with van der Waals surface area (Å²) >= 11 is 6.00. The number of H-pyrrole nitrogens is 1. The van der Waals surface area contributed by atoms with E-state index in [1.165, 1.54) is 0 Å². The minimum Gasteiger partial charge on any atom is -0.346 e. The highest BCUT2D eigenvalue weighted by Gasteiger charge is 2.34. The molecule has 0 radical (unpaired) electrons. The molecule has 1 aliphatic carbocycles. The predicted molar refractivity (Wildman–Crippen MR) is 98.7 cm³/mol. The molecule has 3 heterocycles. The van der Waals surface area contributed by atoms with Crippen LogP contribution in [-0.4, -0.2) is 20.9 Å². The summed E-state index contributed by atoms with van der Waals surface area (Å²) < 4.78 is 41.0. The molecule has 0 spiro atoms. The van der Waals surface area contributed by atoms with Crippen molar-refractivity contribution >= 4 is 22.6 Å². The first kappa shape index (κ1) is 18.3. The molecule has 3 aromatic rings. The molecule has 27 heavy (non-hydrogen) atoms. The smallest absolute Gasteiger partial charge is 0.248 e. The van der Waals surface area contributed by atoms with Gasteiger partial charge in [-0.2, -0.15) is 4.39 Å². The number of hydrogen-bond acceptors (Lipinski definition) is 2. The molecule has 0 atom stereocenters. The number of nitrogens with zero attached hydrogens (tertiary/aromatic N) is 2. The summed E-state index contributed by atoms with van der Waals surface area (Å²) in [5, 5.41) is 1.38. The van der Waals surface area contributed by atoms with E-state index in [1.807, 2.05) is 0 Å². The molecular weight excluding hydrogens is 375 g/mol. The number of aromatic amines is 1. The molecule has 3 nitrogen and oxygen atoms in total. The van der Waals surface area contributed by atoms with E-state index in [-0.39, 0.29) is 18.8 Å². The zero-order valence-corrected chi connectivity index (χ0v) is 15.4. The molecule has 142 valence electrons. The van der Waals surface area contributed by atoms with Crippen molar-refractivity contribution in [3.63, 3.8) is 0 Å². The third-order valence-corrected chi connectivity index (χ3v) is 5.49. The molecule has 4 rings (SSSR count). The maximum atomic E-state index is 14.5. The topological polar surface area (TPSA) is 41.6 Å². The quantitative estimate of drug-likeness (QED) is 0.577. The highest BCUT2D eigenvalue weighted by atomic mass is 35.5. The van der Waals surface area contributed by atoms with E-state index in [0.29, 0.717) is 47.6 Å². The molecule has 0 aromatic carbocycles. The van der Waals surface area contributed by atoms with Crippen molar-refractivity contribution in [1.82, 2.24) is 15.0 Å². The van der Waals surface area contributed by atoms with E-state index in [4.69, 9.17) is 11.6 Å². The number of alkyl halides is 2. The second-order valence-corrected chi connectivity index (χ2v) is 7.73. The van der Waals surface area contributed by atoms with Crippen molar-refractivity contribution in [3.8, 4) is 0 Å². The summed E-state index contributed by atoms with van der Waals surface area (Å²) in [7, 11) is 0. The second-order valence-electron chi connectivity index (χ2n) is 7.30. The maximum Gasteiger partial charge on any atom is 0.248 e. The highest BCUT2D eigenvalue weighted by molar-refractivity contribution is 6.31. The maximum absolute atomic E-state index is 14.5. The van der Waals surface area contributed by atoms with Crippen LogP contribution in [0.2, 0.25) is 5.02 Å². The van der Waals surface area contributed by atoms with Crippen LogP contribution in [-0.2, 0) is 12.8 Å². The minimum atomic E-state index is -2.55. The van der Waals surface area contributed by atoms with E-state index in [0.717, 1.165) is 10.9 Å². The van der Waals surface area contributed by atoms with Gasteiger partial charge in [-0.3, -0.25) is 0 Å². The number of fused-ring (bicyclic) bond motifs is 1. The van der Waals surface area contributed by atoms with Gasteiger partial charge in [0.15, 0.2) is 0 Å². The van der Waals surface area contributed by atoms with Gasteiger partial charge >= 0.3 is 0 Å². The van der Waals surface area contributed by atoms with Gasteiger partial charge in [-0.05, 0) is 42.9 Å². The monoisotopic (exact) mass is 393 g/mol. The second kappa shape index (κ2) is 7.15. The fourth-order valence-electron chi connectivity index (χ4n) is 3.73. The summed E-state index contributed by atoms with van der Waals surface area (Å²) in [5.41, 5.74) is 2.70. The van der Waals surface area contributed by atoms with Crippen LogP contribution in [0.3, 0.4) is 0 Å². The first-order valence-electron chi connectivity index (χ1n) is 9.03. The SMILES string of the molecule is Fc1nc(CC2CCC(F)(F)CC2)ccc1Cc1c[nH]c2ncc(Cl)cc12. The number of hydrogen-bond donors (Lipinski definition) is 1. The van der Waals surface area contributed by atoms with Gasteiger partial charge in [0.1, 0.15) is 5.65 Å². The van der Waals surface area contributed by atoms with Crippen LogP contribution >= 0.6 is 11.6 Å². The van der Waals surface area contributed by atoms with Crippen LogP contribution < -0.4 is 0 Å². The van der Waals surface area contributed by atoms with Crippen molar-refractivity contribution in [2.45, 2.75) is 44.4 Å². The van der Waals surface area contributed by atoms with E-state index in [9.17, 15) is 13.2 Å². The zero-order valence-electron chi connectivity index (χ0n) is 14.6. The fraction of sp³-hybridized carbons (Fsp3) is 0.400. The molecule has 1 fully saturated rings. The van der Waals surface area contributed by atoms with Gasteiger partial charge < -0.3 is 4.98 Å². The molecule has 0 saturated heterocycles. The molecule has 1 N–H and O–H groups in total. The van der Waals surface area contributed by atoms with E-state index in [1.54, 1.807) is 30.6 Å². The molecule has 3 aromatic heterocycles. The highest BCUT2D eigenvalue weighted by Crippen LogP contribution is 2.37. The van der Waals surface area contributed by atoms with Gasteiger partial charge in [-0.1, -0.05) is 17.7 Å². The van der Waals surface area contributed by atoms with Crippen molar-refractivity contribution in [2.75, 3.05) is 0 Å². The standard InChI is InChI=1S/C20H19ClF3N3/c21-15-9-17-14(10-25-19(17)26-11-15)8-13-1-2-16(27-18(13)22)7-12-3-5-20(23,24)6-4-12/h1-2,9-12H,3-8H2,(H,25,26). The zero-order chi connectivity index (χ0) is 19.0. The Kier molecular flexibility index (Phi) is 4.84. The predicted octanol–water partition coefficient (Wildman–Crippen LogP) is 5.71. The number of nitrogens with one attached hydrogen (secondary N) is 1. The Hall–Kier alpha value is -2.08. The molecule has 0 amide bonds. The summed E-state index contributed by atoms with van der Waals surface area (Å²) in [6, 6.07) is 5.32. The van der Waals surface area contributed by atoms with Crippen LogP contribution in [0.5, 0.6) is 0 Å². The first-order valence-corrected chi connectivity index (χ1v) is 9.41. The van der Waals surface area contributed by atoms with Gasteiger partial charge in [0.05, 0.1) is 5.02 Å². The lowest BCUT2D eigenvalue weighted by molar-refractivity contribution is -0.0457. The van der Waals surface area contributed by atoms with E-state index in [2.05, 4.69) is 15.0 Å². The van der Waals surface area contributed by atoms with Crippen molar-refractivity contribution in [1.29, 1.82) is 0 Å². The Labute approximate surface area is 160 Å². The largest absolute Gasteiger partial charge is 0.346 e. The molecule has 0 bridgehead atoms. The number of pyridine rings is 2.